The molecule has 0 spiro atoms. The lowest BCUT2D eigenvalue weighted by Crippen LogP contribution is -2.49. The van der Waals surface area contributed by atoms with Crippen molar-refractivity contribution in [2.24, 2.45) is 0 Å². The summed E-state index contributed by atoms with van der Waals surface area (Å²) in [4.78, 5) is 14.1. The number of nitrogens with one attached hydrogen (secondary N) is 1. The average Bonchev–Trinajstić information content (AvgIpc) is 2.84. The van der Waals surface area contributed by atoms with Crippen LogP contribution in [0.4, 0.5) is 0 Å². The highest BCUT2D eigenvalue weighted by molar-refractivity contribution is 6.30. The molecule has 2 fully saturated rings. The van der Waals surface area contributed by atoms with Gasteiger partial charge in [-0.3, -0.25) is 4.79 Å². The zero-order valence-electron chi connectivity index (χ0n) is 12.6. The summed E-state index contributed by atoms with van der Waals surface area (Å²) in [6, 6.07) is 8.58. The van der Waals surface area contributed by atoms with Crippen molar-refractivity contribution in [2.45, 2.75) is 43.8 Å². The van der Waals surface area contributed by atoms with Gasteiger partial charge in [0, 0.05) is 30.2 Å². The van der Waals surface area contributed by atoms with Crippen molar-refractivity contribution in [3.05, 3.63) is 29.3 Å². The topological polar surface area (TPSA) is 41.6 Å². The molecule has 0 saturated carbocycles. The van der Waals surface area contributed by atoms with Gasteiger partial charge in [-0.15, -0.1) is 12.4 Å². The number of amides is 1. The molecule has 1 N–H and O–H groups in total. The maximum Gasteiger partial charge on any atom is 0.260 e. The number of halogens is 2. The molecular formula is C16H22Cl2N2O2. The zero-order chi connectivity index (χ0) is 14.8. The number of hydrogen-bond donors (Lipinski definition) is 1. The zero-order valence-corrected chi connectivity index (χ0v) is 14.2. The minimum atomic E-state index is 0. The second-order valence-corrected chi connectivity index (χ2v) is 6.45. The van der Waals surface area contributed by atoms with E-state index >= 15 is 0 Å². The predicted molar refractivity (Wildman–Crippen MR) is 89.9 cm³/mol. The van der Waals surface area contributed by atoms with Crippen LogP contribution in [0, 0.1) is 0 Å². The summed E-state index contributed by atoms with van der Waals surface area (Å²) < 4.78 is 5.54. The summed E-state index contributed by atoms with van der Waals surface area (Å²) >= 11 is 5.82. The van der Waals surface area contributed by atoms with E-state index in [1.54, 1.807) is 24.3 Å². The van der Waals surface area contributed by atoms with Crippen LogP contribution in [0.2, 0.25) is 5.02 Å². The largest absolute Gasteiger partial charge is 0.484 e. The van der Waals surface area contributed by atoms with Crippen LogP contribution in [-0.4, -0.2) is 42.6 Å². The summed E-state index contributed by atoms with van der Waals surface area (Å²) in [5, 5.41) is 4.26. The molecule has 0 aliphatic carbocycles. The van der Waals surface area contributed by atoms with Crippen molar-refractivity contribution in [3.63, 3.8) is 0 Å². The number of nitrogens with zero attached hydrogens (tertiary/aromatic N) is 1. The molecule has 1 amide bonds. The Labute approximate surface area is 142 Å². The van der Waals surface area contributed by atoms with Gasteiger partial charge in [0.25, 0.3) is 5.91 Å². The standard InChI is InChI=1S/C16H21ClN2O2.ClH/c1-19(14-8-12-4-5-13(9-14)18-12)16(20)10-21-15-6-2-11(17)3-7-15;/h2-3,6-7,12-14,18H,4-5,8-10H2,1H3;1H. The van der Waals surface area contributed by atoms with Crippen molar-refractivity contribution >= 4 is 29.9 Å². The van der Waals surface area contributed by atoms with Crippen LogP contribution in [0.3, 0.4) is 0 Å². The van der Waals surface area contributed by atoms with E-state index < -0.39 is 0 Å². The molecule has 0 radical (unpaired) electrons. The first kappa shape index (κ1) is 17.4. The summed E-state index contributed by atoms with van der Waals surface area (Å²) in [7, 11) is 1.89. The van der Waals surface area contributed by atoms with Crippen LogP contribution in [0.25, 0.3) is 0 Å². The minimum Gasteiger partial charge on any atom is -0.484 e. The van der Waals surface area contributed by atoms with Gasteiger partial charge in [-0.05, 0) is 49.9 Å². The van der Waals surface area contributed by atoms with Crippen molar-refractivity contribution in [2.75, 3.05) is 13.7 Å². The molecule has 2 atom stereocenters. The SMILES string of the molecule is CN(C(=O)COc1ccc(Cl)cc1)C1CC2CCC(C1)N2.Cl. The highest BCUT2D eigenvalue weighted by atomic mass is 35.5. The Hall–Kier alpha value is -0.970. The molecule has 2 aliphatic heterocycles. The molecular weight excluding hydrogens is 323 g/mol. The molecule has 2 saturated heterocycles. The number of likely N-dealkylation sites (N-methyl/N-ethyl adjacent to an activating group) is 1. The normalized spacial score (nSPS) is 26.2. The second kappa shape index (κ2) is 7.53. The fraction of sp³-hybridized carbons (Fsp3) is 0.562. The van der Waals surface area contributed by atoms with Crippen LogP contribution in [0.15, 0.2) is 24.3 Å². The van der Waals surface area contributed by atoms with Crippen LogP contribution < -0.4 is 10.1 Å². The highest BCUT2D eigenvalue weighted by Crippen LogP contribution is 2.29. The Morgan fingerprint density at radius 3 is 2.45 bits per heavy atom. The smallest absolute Gasteiger partial charge is 0.260 e. The maximum absolute atomic E-state index is 12.3. The molecule has 2 aliphatic rings. The first-order valence-electron chi connectivity index (χ1n) is 7.52. The van der Waals surface area contributed by atoms with Gasteiger partial charge < -0.3 is 15.0 Å². The van der Waals surface area contributed by atoms with Gasteiger partial charge >= 0.3 is 0 Å². The molecule has 0 aromatic heterocycles. The lowest BCUT2D eigenvalue weighted by atomic mass is 9.98. The molecule has 2 heterocycles. The van der Waals surface area contributed by atoms with Crippen LogP contribution >= 0.6 is 24.0 Å². The van der Waals surface area contributed by atoms with Crippen LogP contribution in [0.5, 0.6) is 5.75 Å². The lowest BCUT2D eigenvalue weighted by molar-refractivity contribution is -0.134. The summed E-state index contributed by atoms with van der Waals surface area (Å²) in [6.07, 6.45) is 4.59. The van der Waals surface area contributed by atoms with Gasteiger partial charge in [-0.25, -0.2) is 0 Å². The van der Waals surface area contributed by atoms with Gasteiger partial charge in [-0.2, -0.15) is 0 Å². The number of ether oxygens (including phenoxy) is 1. The summed E-state index contributed by atoms with van der Waals surface area (Å²) in [5.74, 6) is 0.711. The first-order valence-corrected chi connectivity index (χ1v) is 7.89. The Bertz CT molecular complexity index is 497. The van der Waals surface area contributed by atoms with Crippen molar-refractivity contribution in [3.8, 4) is 5.75 Å². The fourth-order valence-corrected chi connectivity index (χ4v) is 3.45. The third kappa shape index (κ3) is 4.06. The summed E-state index contributed by atoms with van der Waals surface area (Å²) in [6.45, 7) is 0.0807. The number of piperidine rings is 1. The number of rotatable bonds is 4. The maximum atomic E-state index is 12.3. The lowest BCUT2D eigenvalue weighted by Gasteiger charge is -2.35. The van der Waals surface area contributed by atoms with Crippen molar-refractivity contribution < 1.29 is 9.53 Å². The number of carbonyl (C=O) groups excluding carboxylic acids is 1. The van der Waals surface area contributed by atoms with E-state index in [0.717, 1.165) is 12.8 Å². The highest BCUT2D eigenvalue weighted by Gasteiger charge is 2.36. The Morgan fingerprint density at radius 1 is 1.27 bits per heavy atom. The van der Waals surface area contributed by atoms with Crippen molar-refractivity contribution in [1.29, 1.82) is 0 Å². The Kier molecular flexibility index (Phi) is 5.95. The average molecular weight is 345 g/mol. The molecule has 6 heteroatoms. The van der Waals surface area contributed by atoms with Crippen LogP contribution in [-0.2, 0) is 4.79 Å². The van der Waals surface area contributed by atoms with Gasteiger partial charge in [-0.1, -0.05) is 11.6 Å². The minimum absolute atomic E-state index is 0. The van der Waals surface area contributed by atoms with Crippen molar-refractivity contribution in [1.82, 2.24) is 10.2 Å². The van der Waals surface area contributed by atoms with Crippen LogP contribution in [0.1, 0.15) is 25.7 Å². The molecule has 2 bridgehead atoms. The van der Waals surface area contributed by atoms with E-state index in [1.165, 1.54) is 12.8 Å². The third-order valence-electron chi connectivity index (χ3n) is 4.57. The number of fused-ring (bicyclic) bond motifs is 2. The van der Waals surface area contributed by atoms with Gasteiger partial charge in [0.1, 0.15) is 5.75 Å². The van der Waals surface area contributed by atoms with Gasteiger partial charge in [0.15, 0.2) is 6.61 Å². The molecule has 22 heavy (non-hydrogen) atoms. The van der Waals surface area contributed by atoms with E-state index in [2.05, 4.69) is 5.32 Å². The predicted octanol–water partition coefficient (Wildman–Crippen LogP) is 2.88. The van der Waals surface area contributed by atoms with E-state index in [4.69, 9.17) is 16.3 Å². The van der Waals surface area contributed by atoms with Gasteiger partial charge in [0.05, 0.1) is 0 Å². The third-order valence-corrected chi connectivity index (χ3v) is 4.82. The second-order valence-electron chi connectivity index (χ2n) is 6.01. The number of hydrogen-bond acceptors (Lipinski definition) is 3. The number of benzene rings is 1. The monoisotopic (exact) mass is 344 g/mol. The summed E-state index contributed by atoms with van der Waals surface area (Å²) in [5.41, 5.74) is 0. The van der Waals surface area contributed by atoms with E-state index in [9.17, 15) is 4.79 Å². The molecule has 122 valence electrons. The fourth-order valence-electron chi connectivity index (χ4n) is 3.32. The number of carbonyl (C=O) groups is 1. The molecule has 3 rings (SSSR count). The van der Waals surface area contributed by atoms with Gasteiger partial charge in [0.2, 0.25) is 0 Å². The first-order chi connectivity index (χ1) is 10.1. The van der Waals surface area contributed by atoms with E-state index in [1.807, 2.05) is 11.9 Å². The molecule has 4 nitrogen and oxygen atoms in total. The van der Waals surface area contributed by atoms with E-state index in [0.29, 0.717) is 28.9 Å². The molecule has 1 aromatic carbocycles. The molecule has 1 aromatic rings. The Balaban J connectivity index is 0.00000176. The quantitative estimate of drug-likeness (QED) is 0.912. The molecule has 2 unspecified atom stereocenters. The Morgan fingerprint density at radius 2 is 1.86 bits per heavy atom. The van der Waals surface area contributed by atoms with E-state index in [-0.39, 0.29) is 24.9 Å².